The van der Waals surface area contributed by atoms with Gasteiger partial charge in [-0.1, -0.05) is 0 Å². The van der Waals surface area contributed by atoms with Gasteiger partial charge in [0.2, 0.25) is 0 Å². The van der Waals surface area contributed by atoms with Crippen molar-refractivity contribution in [2.45, 2.75) is 25.3 Å². The molecular weight excluding hydrogens is 162 g/mol. The van der Waals surface area contributed by atoms with Crippen molar-refractivity contribution >= 4 is 0 Å². The third-order valence-electron chi connectivity index (χ3n) is 2.87. The molecule has 76 valence electrons. The molecule has 1 heterocycles. The molecule has 3 heteroatoms. The van der Waals surface area contributed by atoms with Crippen LogP contribution in [0.4, 0.5) is 0 Å². The molecule has 0 radical (unpaired) electrons. The predicted octanol–water partition coefficient (Wildman–Crippen LogP) is 0.0337. The Morgan fingerprint density at radius 2 is 2.15 bits per heavy atom. The molecule has 0 aromatic carbocycles. The molecule has 0 aromatic heterocycles. The zero-order chi connectivity index (χ0) is 8.93. The fraction of sp³-hybridized carbons (Fsp3) is 1.00. The highest BCUT2D eigenvalue weighted by atomic mass is 15.2. The Labute approximate surface area is 80.9 Å². The molecule has 2 fully saturated rings. The second kappa shape index (κ2) is 4.94. The summed E-state index contributed by atoms with van der Waals surface area (Å²) >= 11 is 0. The third kappa shape index (κ3) is 3.63. The van der Waals surface area contributed by atoms with Crippen molar-refractivity contribution in [2.24, 2.45) is 0 Å². The lowest BCUT2D eigenvalue weighted by Crippen LogP contribution is -2.35. The maximum atomic E-state index is 3.56. The van der Waals surface area contributed by atoms with Crippen molar-refractivity contribution in [2.75, 3.05) is 39.3 Å². The third-order valence-corrected chi connectivity index (χ3v) is 2.87. The van der Waals surface area contributed by atoms with Gasteiger partial charge in [-0.3, -0.25) is 0 Å². The summed E-state index contributed by atoms with van der Waals surface area (Å²) in [4.78, 5) is 2.56. The summed E-state index contributed by atoms with van der Waals surface area (Å²) in [5.74, 6) is 0. The summed E-state index contributed by atoms with van der Waals surface area (Å²) in [6, 6.07) is 0.866. The van der Waals surface area contributed by atoms with Gasteiger partial charge in [-0.15, -0.1) is 0 Å². The van der Waals surface area contributed by atoms with E-state index in [1.165, 1.54) is 58.5 Å². The summed E-state index contributed by atoms with van der Waals surface area (Å²) in [5.41, 5.74) is 0. The van der Waals surface area contributed by atoms with E-state index in [0.29, 0.717) is 0 Å². The van der Waals surface area contributed by atoms with Crippen LogP contribution in [0.3, 0.4) is 0 Å². The first-order valence-corrected chi connectivity index (χ1v) is 5.61. The molecule has 2 rings (SSSR count). The highest BCUT2D eigenvalue weighted by Crippen LogP contribution is 2.17. The lowest BCUT2D eigenvalue weighted by molar-refractivity contribution is 0.291. The SMILES string of the molecule is C1CNCCN(CCNC2CC2)C1. The van der Waals surface area contributed by atoms with Crippen LogP contribution >= 0.6 is 0 Å². The van der Waals surface area contributed by atoms with E-state index in [-0.39, 0.29) is 0 Å². The number of rotatable bonds is 4. The first-order valence-electron chi connectivity index (χ1n) is 5.61. The normalized spacial score (nSPS) is 25.8. The Bertz CT molecular complexity index is 137. The zero-order valence-corrected chi connectivity index (χ0v) is 8.39. The van der Waals surface area contributed by atoms with Crippen LogP contribution in [0.15, 0.2) is 0 Å². The second-order valence-electron chi connectivity index (χ2n) is 4.17. The smallest absolute Gasteiger partial charge is 0.0107 e. The highest BCUT2D eigenvalue weighted by molar-refractivity contribution is 4.81. The standard InChI is InChI=1S/C10H21N3/c1-4-11-5-8-13(7-1)9-6-12-10-2-3-10/h10-12H,1-9H2. The number of hydrogen-bond acceptors (Lipinski definition) is 3. The fourth-order valence-electron chi connectivity index (χ4n) is 1.84. The first kappa shape index (κ1) is 9.44. The molecule has 0 amide bonds. The summed E-state index contributed by atoms with van der Waals surface area (Å²) in [6.45, 7) is 7.30. The van der Waals surface area contributed by atoms with Crippen LogP contribution < -0.4 is 10.6 Å². The van der Waals surface area contributed by atoms with Crippen molar-refractivity contribution in [3.8, 4) is 0 Å². The van der Waals surface area contributed by atoms with Crippen LogP contribution in [0.25, 0.3) is 0 Å². The molecule has 2 N–H and O–H groups in total. The monoisotopic (exact) mass is 183 g/mol. The van der Waals surface area contributed by atoms with Crippen molar-refractivity contribution in [3.63, 3.8) is 0 Å². The molecule has 1 aliphatic carbocycles. The predicted molar refractivity (Wildman–Crippen MR) is 55.0 cm³/mol. The van der Waals surface area contributed by atoms with Gasteiger partial charge in [0.05, 0.1) is 0 Å². The molecule has 1 saturated heterocycles. The molecule has 0 atom stereocenters. The Hall–Kier alpha value is -0.120. The van der Waals surface area contributed by atoms with Gasteiger partial charge in [-0.25, -0.2) is 0 Å². The Kier molecular flexibility index (Phi) is 3.58. The molecule has 1 aliphatic heterocycles. The molecule has 0 bridgehead atoms. The zero-order valence-electron chi connectivity index (χ0n) is 8.39. The van der Waals surface area contributed by atoms with Gasteiger partial charge in [0.25, 0.3) is 0 Å². The van der Waals surface area contributed by atoms with E-state index >= 15 is 0 Å². The molecule has 1 saturated carbocycles. The lowest BCUT2D eigenvalue weighted by atomic mass is 10.4. The quantitative estimate of drug-likeness (QED) is 0.644. The first-order chi connectivity index (χ1) is 6.45. The molecule has 0 aromatic rings. The Morgan fingerprint density at radius 1 is 1.23 bits per heavy atom. The van der Waals surface area contributed by atoms with E-state index in [1.54, 1.807) is 0 Å². The molecule has 0 unspecified atom stereocenters. The van der Waals surface area contributed by atoms with Gasteiger partial charge in [0.1, 0.15) is 0 Å². The largest absolute Gasteiger partial charge is 0.315 e. The van der Waals surface area contributed by atoms with Gasteiger partial charge in [0.15, 0.2) is 0 Å². The maximum Gasteiger partial charge on any atom is 0.0107 e. The van der Waals surface area contributed by atoms with Crippen molar-refractivity contribution in [1.82, 2.24) is 15.5 Å². The average Bonchev–Trinajstić information content (AvgIpc) is 2.91. The van der Waals surface area contributed by atoms with Crippen LogP contribution in [0.5, 0.6) is 0 Å². The van der Waals surface area contributed by atoms with Crippen LogP contribution in [0.1, 0.15) is 19.3 Å². The highest BCUT2D eigenvalue weighted by Gasteiger charge is 2.20. The molecule has 2 aliphatic rings. The average molecular weight is 183 g/mol. The van der Waals surface area contributed by atoms with E-state index < -0.39 is 0 Å². The van der Waals surface area contributed by atoms with Crippen LogP contribution in [0, 0.1) is 0 Å². The van der Waals surface area contributed by atoms with E-state index in [0.717, 1.165) is 6.04 Å². The van der Waals surface area contributed by atoms with E-state index in [2.05, 4.69) is 15.5 Å². The second-order valence-corrected chi connectivity index (χ2v) is 4.17. The molecule has 0 spiro atoms. The van der Waals surface area contributed by atoms with Crippen molar-refractivity contribution in [1.29, 1.82) is 0 Å². The van der Waals surface area contributed by atoms with E-state index in [1.807, 2.05) is 0 Å². The minimum absolute atomic E-state index is 0.866. The number of nitrogens with one attached hydrogen (secondary N) is 2. The summed E-state index contributed by atoms with van der Waals surface area (Å²) in [5, 5.41) is 6.99. The minimum atomic E-state index is 0.866. The van der Waals surface area contributed by atoms with Gasteiger partial charge < -0.3 is 15.5 Å². The number of nitrogens with zero attached hydrogens (tertiary/aromatic N) is 1. The summed E-state index contributed by atoms with van der Waals surface area (Å²) in [6.07, 6.45) is 4.12. The van der Waals surface area contributed by atoms with Crippen LogP contribution in [0.2, 0.25) is 0 Å². The van der Waals surface area contributed by atoms with E-state index in [9.17, 15) is 0 Å². The van der Waals surface area contributed by atoms with E-state index in [4.69, 9.17) is 0 Å². The lowest BCUT2D eigenvalue weighted by Gasteiger charge is -2.19. The minimum Gasteiger partial charge on any atom is -0.315 e. The van der Waals surface area contributed by atoms with Crippen LogP contribution in [-0.2, 0) is 0 Å². The summed E-state index contributed by atoms with van der Waals surface area (Å²) < 4.78 is 0. The van der Waals surface area contributed by atoms with Gasteiger partial charge in [0, 0.05) is 32.2 Å². The number of hydrogen-bond donors (Lipinski definition) is 2. The van der Waals surface area contributed by atoms with Crippen molar-refractivity contribution in [3.05, 3.63) is 0 Å². The van der Waals surface area contributed by atoms with Crippen LogP contribution in [-0.4, -0.2) is 50.2 Å². The molecule has 13 heavy (non-hydrogen) atoms. The maximum absolute atomic E-state index is 3.56. The molecular formula is C10H21N3. The summed E-state index contributed by atoms with van der Waals surface area (Å²) in [7, 11) is 0. The topological polar surface area (TPSA) is 27.3 Å². The molecule has 3 nitrogen and oxygen atoms in total. The fourth-order valence-corrected chi connectivity index (χ4v) is 1.84. The Morgan fingerprint density at radius 3 is 3.00 bits per heavy atom. The van der Waals surface area contributed by atoms with Crippen molar-refractivity contribution < 1.29 is 0 Å². The van der Waals surface area contributed by atoms with Gasteiger partial charge in [-0.2, -0.15) is 0 Å². The Balaban J connectivity index is 1.55. The van der Waals surface area contributed by atoms with Gasteiger partial charge in [-0.05, 0) is 32.4 Å². The van der Waals surface area contributed by atoms with Gasteiger partial charge >= 0.3 is 0 Å².